The molecule has 0 aliphatic rings. The van der Waals surface area contributed by atoms with Gasteiger partial charge >= 0.3 is 0 Å². The van der Waals surface area contributed by atoms with Crippen molar-refractivity contribution in [3.8, 4) is 0 Å². The molecule has 0 spiro atoms. The van der Waals surface area contributed by atoms with Crippen LogP contribution >= 0.6 is 11.6 Å². The molecule has 1 heterocycles. The number of aliphatic hydroxyl groups is 1. The maximum Gasteiger partial charge on any atom is 0.293 e. The predicted molar refractivity (Wildman–Crippen MR) is 58.4 cm³/mol. The highest BCUT2D eigenvalue weighted by Crippen LogP contribution is 2.19. The Hall–Kier alpha value is -1.59. The third kappa shape index (κ3) is 2.15. The molecule has 2 N–H and O–H groups in total. The van der Waals surface area contributed by atoms with Crippen molar-refractivity contribution in [2.45, 2.75) is 0 Å². The van der Waals surface area contributed by atoms with Crippen molar-refractivity contribution in [1.29, 1.82) is 0 Å². The zero-order valence-electron chi connectivity index (χ0n) is 8.24. The summed E-state index contributed by atoms with van der Waals surface area (Å²) in [7, 11) is 0. The van der Waals surface area contributed by atoms with E-state index in [1.165, 1.54) is 0 Å². The highest BCUT2D eigenvalue weighted by atomic mass is 35.5. The number of carbonyl (C=O) groups excluding carboxylic acids is 1. The highest BCUT2D eigenvalue weighted by molar-refractivity contribution is 6.28. The molecule has 0 saturated carbocycles. The van der Waals surface area contributed by atoms with Gasteiger partial charge in [-0.1, -0.05) is 0 Å². The van der Waals surface area contributed by atoms with Gasteiger partial charge in [0, 0.05) is 12.1 Å². The number of fused-ring (bicyclic) bond motifs is 1. The molecule has 2 rings (SSSR count). The van der Waals surface area contributed by atoms with Crippen LogP contribution in [0.1, 0.15) is 10.4 Å². The number of nitrogens with one attached hydrogen (secondary N) is 1. The molecule has 0 unspecified atom stereocenters. The summed E-state index contributed by atoms with van der Waals surface area (Å²) in [6.45, 7) is 0.125. The van der Waals surface area contributed by atoms with Crippen LogP contribution in [0.4, 0.5) is 0 Å². The van der Waals surface area contributed by atoms with E-state index in [4.69, 9.17) is 21.1 Å². The van der Waals surface area contributed by atoms with Crippen LogP contribution < -0.4 is 5.32 Å². The summed E-state index contributed by atoms with van der Waals surface area (Å²) >= 11 is 5.59. The molecular weight excluding hydrogens is 232 g/mol. The largest absolute Gasteiger partial charge is 0.428 e. The lowest BCUT2D eigenvalue weighted by Crippen LogP contribution is -2.26. The number of aliphatic hydroxyl groups excluding tert-OH is 1. The van der Waals surface area contributed by atoms with Crippen molar-refractivity contribution < 1.29 is 14.3 Å². The van der Waals surface area contributed by atoms with E-state index in [1.54, 1.807) is 18.2 Å². The molecule has 0 saturated heterocycles. The zero-order valence-corrected chi connectivity index (χ0v) is 8.99. The molecule has 0 aliphatic carbocycles. The number of benzene rings is 1. The second-order valence-corrected chi connectivity index (χ2v) is 3.45. The summed E-state index contributed by atoms with van der Waals surface area (Å²) < 4.78 is 5.07. The second kappa shape index (κ2) is 4.51. The number of aromatic nitrogens is 1. The highest BCUT2D eigenvalue weighted by Gasteiger charge is 2.09. The summed E-state index contributed by atoms with van der Waals surface area (Å²) in [6.07, 6.45) is 0. The van der Waals surface area contributed by atoms with Crippen molar-refractivity contribution in [2.75, 3.05) is 13.2 Å². The lowest BCUT2D eigenvalue weighted by Gasteiger charge is -2.01. The number of hydrogen-bond acceptors (Lipinski definition) is 4. The number of nitrogens with zero attached hydrogens (tertiary/aromatic N) is 1. The van der Waals surface area contributed by atoms with Crippen molar-refractivity contribution in [1.82, 2.24) is 10.3 Å². The molecule has 6 heteroatoms. The Kier molecular flexibility index (Phi) is 3.07. The Morgan fingerprint density at radius 2 is 2.38 bits per heavy atom. The van der Waals surface area contributed by atoms with E-state index in [9.17, 15) is 4.79 Å². The van der Waals surface area contributed by atoms with Gasteiger partial charge in [0.2, 0.25) is 0 Å². The van der Waals surface area contributed by atoms with Crippen molar-refractivity contribution in [2.24, 2.45) is 0 Å². The number of hydrogen-bond donors (Lipinski definition) is 2. The summed E-state index contributed by atoms with van der Waals surface area (Å²) in [6, 6.07) is 4.82. The quantitative estimate of drug-likeness (QED) is 0.846. The van der Waals surface area contributed by atoms with Crippen LogP contribution in [0.15, 0.2) is 22.6 Å². The topological polar surface area (TPSA) is 75.4 Å². The SMILES string of the molecule is O=C(NCCO)c1ccc2oc(Cl)nc2c1. The molecule has 2 aromatic rings. The van der Waals surface area contributed by atoms with Crippen molar-refractivity contribution >= 4 is 28.6 Å². The van der Waals surface area contributed by atoms with Crippen LogP contribution in [0, 0.1) is 0 Å². The monoisotopic (exact) mass is 240 g/mol. The van der Waals surface area contributed by atoms with Crippen LogP contribution in [0.25, 0.3) is 11.1 Å². The van der Waals surface area contributed by atoms with Gasteiger partial charge < -0.3 is 14.8 Å². The Morgan fingerprint density at radius 1 is 1.56 bits per heavy atom. The third-order valence-corrected chi connectivity index (χ3v) is 2.18. The van der Waals surface area contributed by atoms with Crippen molar-refractivity contribution in [3.05, 3.63) is 29.1 Å². The Labute approximate surface area is 96.0 Å². The average Bonchev–Trinajstić information content (AvgIpc) is 2.64. The van der Waals surface area contributed by atoms with E-state index in [0.717, 1.165) is 0 Å². The summed E-state index contributed by atoms with van der Waals surface area (Å²) in [4.78, 5) is 15.4. The van der Waals surface area contributed by atoms with E-state index in [-0.39, 0.29) is 24.4 Å². The van der Waals surface area contributed by atoms with Crippen LogP contribution in [0.5, 0.6) is 0 Å². The van der Waals surface area contributed by atoms with Gasteiger partial charge in [-0.15, -0.1) is 0 Å². The second-order valence-electron chi connectivity index (χ2n) is 3.13. The number of carbonyl (C=O) groups is 1. The third-order valence-electron chi connectivity index (χ3n) is 2.02. The Morgan fingerprint density at radius 3 is 3.12 bits per heavy atom. The van der Waals surface area contributed by atoms with Crippen LogP contribution in [-0.4, -0.2) is 29.1 Å². The fourth-order valence-corrected chi connectivity index (χ4v) is 1.49. The fourth-order valence-electron chi connectivity index (χ4n) is 1.31. The normalized spacial score (nSPS) is 10.6. The molecule has 0 aliphatic heterocycles. The smallest absolute Gasteiger partial charge is 0.293 e. The number of amides is 1. The first kappa shape index (κ1) is 10.9. The van der Waals surface area contributed by atoms with Gasteiger partial charge in [-0.2, -0.15) is 4.98 Å². The number of halogens is 1. The predicted octanol–water partition coefficient (Wildman–Crippen LogP) is 1.20. The molecule has 1 aromatic carbocycles. The van der Waals surface area contributed by atoms with E-state index < -0.39 is 0 Å². The Bertz CT molecular complexity index is 524. The minimum atomic E-state index is -0.268. The molecule has 0 radical (unpaired) electrons. The molecule has 16 heavy (non-hydrogen) atoms. The molecule has 1 amide bonds. The van der Waals surface area contributed by atoms with Gasteiger partial charge in [0.1, 0.15) is 5.52 Å². The molecule has 0 atom stereocenters. The fraction of sp³-hybridized carbons (Fsp3) is 0.200. The lowest BCUT2D eigenvalue weighted by atomic mass is 10.2. The first-order valence-corrected chi connectivity index (χ1v) is 5.03. The maximum absolute atomic E-state index is 11.5. The maximum atomic E-state index is 11.5. The van der Waals surface area contributed by atoms with E-state index in [2.05, 4.69) is 10.3 Å². The standard InChI is InChI=1S/C10H9ClN2O3/c11-10-13-7-5-6(1-2-8(7)16-10)9(15)12-3-4-14/h1-2,5,14H,3-4H2,(H,12,15). The van der Waals surface area contributed by atoms with Gasteiger partial charge in [0.15, 0.2) is 5.58 Å². The van der Waals surface area contributed by atoms with Gasteiger partial charge in [0.05, 0.1) is 6.61 Å². The number of oxazole rings is 1. The first-order valence-electron chi connectivity index (χ1n) is 4.66. The molecular formula is C10H9ClN2O3. The van der Waals surface area contributed by atoms with Gasteiger partial charge in [-0.3, -0.25) is 4.79 Å². The zero-order chi connectivity index (χ0) is 11.5. The van der Waals surface area contributed by atoms with E-state index >= 15 is 0 Å². The molecule has 5 nitrogen and oxygen atoms in total. The molecule has 84 valence electrons. The summed E-state index contributed by atoms with van der Waals surface area (Å²) in [5, 5.41) is 11.2. The van der Waals surface area contributed by atoms with Gasteiger partial charge in [-0.25, -0.2) is 0 Å². The summed E-state index contributed by atoms with van der Waals surface area (Å²) in [5.41, 5.74) is 1.51. The van der Waals surface area contributed by atoms with Gasteiger partial charge in [0.25, 0.3) is 11.3 Å². The lowest BCUT2D eigenvalue weighted by molar-refractivity contribution is 0.0945. The van der Waals surface area contributed by atoms with E-state index in [1.807, 2.05) is 0 Å². The van der Waals surface area contributed by atoms with Crippen molar-refractivity contribution in [3.63, 3.8) is 0 Å². The molecule has 0 bridgehead atoms. The van der Waals surface area contributed by atoms with E-state index in [0.29, 0.717) is 16.7 Å². The number of rotatable bonds is 3. The van der Waals surface area contributed by atoms with Crippen LogP contribution in [-0.2, 0) is 0 Å². The minimum absolute atomic E-state index is 0.0444. The van der Waals surface area contributed by atoms with Gasteiger partial charge in [-0.05, 0) is 29.8 Å². The molecule has 0 fully saturated rings. The first-order chi connectivity index (χ1) is 7.70. The van der Waals surface area contributed by atoms with Crippen LogP contribution in [0.2, 0.25) is 5.35 Å². The molecule has 1 aromatic heterocycles. The van der Waals surface area contributed by atoms with Crippen LogP contribution in [0.3, 0.4) is 0 Å². The minimum Gasteiger partial charge on any atom is -0.428 e. The Balaban J connectivity index is 2.28. The average molecular weight is 241 g/mol. The summed E-state index contributed by atoms with van der Waals surface area (Å²) in [5.74, 6) is -0.268.